The van der Waals surface area contributed by atoms with Gasteiger partial charge in [-0.25, -0.2) is 0 Å². The minimum Gasteiger partial charge on any atom is -1.00 e. The van der Waals surface area contributed by atoms with Gasteiger partial charge in [0.05, 0.1) is 17.9 Å². The summed E-state index contributed by atoms with van der Waals surface area (Å²) in [5, 5.41) is 32.9. The zero-order valence-electron chi connectivity index (χ0n) is 12.7. The molecule has 0 bridgehead atoms. The maximum absolute atomic E-state index is 10.3. The molecule has 0 aliphatic heterocycles. The number of aromatic hydroxyl groups is 3. The Bertz CT molecular complexity index is 1090. The first-order valence-electron chi connectivity index (χ1n) is 7.08. The molecule has 0 aliphatic rings. The van der Waals surface area contributed by atoms with Crippen LogP contribution in [0.1, 0.15) is 0 Å². The third-order valence-corrected chi connectivity index (χ3v) is 4.11. The normalized spacial score (nSPS) is 10.9. The molecule has 2 aromatic carbocycles. The van der Waals surface area contributed by atoms with E-state index in [-0.39, 0.29) is 34.2 Å². The number of phenolic OH excluding ortho intramolecular Hbond substituents is 3. The summed E-state index contributed by atoms with van der Waals surface area (Å²) in [6.07, 6.45) is 3.65. The fourth-order valence-electron chi connectivity index (χ4n) is 2.91. The van der Waals surface area contributed by atoms with Crippen LogP contribution in [0.25, 0.3) is 27.1 Å². The van der Waals surface area contributed by atoms with Crippen LogP contribution in [0.3, 0.4) is 0 Å². The number of halogens is 1. The van der Waals surface area contributed by atoms with Gasteiger partial charge in [0.25, 0.3) is 0 Å². The Morgan fingerprint density at radius 1 is 0.875 bits per heavy atom. The van der Waals surface area contributed by atoms with Crippen molar-refractivity contribution < 1.29 is 41.4 Å². The molecule has 122 valence electrons. The van der Waals surface area contributed by atoms with Gasteiger partial charge >= 0.3 is 0 Å². The average Bonchev–Trinajstić information content (AvgIpc) is 2.55. The molecule has 24 heavy (non-hydrogen) atoms. The number of hydrogen-bond donors (Lipinski definition) is 3. The summed E-state index contributed by atoms with van der Waals surface area (Å²) >= 11 is 0. The van der Waals surface area contributed by atoms with Crippen molar-refractivity contribution in [3.8, 4) is 23.0 Å². The third kappa shape index (κ3) is 2.27. The molecule has 3 N–H and O–H groups in total. The van der Waals surface area contributed by atoms with Gasteiger partial charge in [-0.1, -0.05) is 0 Å². The number of ether oxygens (including phenoxy) is 1. The van der Waals surface area contributed by atoms with Gasteiger partial charge in [-0.15, -0.1) is 0 Å². The van der Waals surface area contributed by atoms with Gasteiger partial charge in [-0.3, -0.25) is 0 Å². The lowest BCUT2D eigenvalue weighted by atomic mass is 10.1. The number of nitrogens with zero attached hydrogens (tertiary/aromatic N) is 1. The van der Waals surface area contributed by atoms with Gasteiger partial charge < -0.3 is 37.0 Å². The predicted molar refractivity (Wildman–Crippen MR) is 86.2 cm³/mol. The summed E-state index contributed by atoms with van der Waals surface area (Å²) < 4.78 is 7.01. The van der Waals surface area contributed by atoms with Crippen molar-refractivity contribution in [2.24, 2.45) is 0 Å². The van der Waals surface area contributed by atoms with Gasteiger partial charge in [0.1, 0.15) is 0 Å². The van der Waals surface area contributed by atoms with Crippen molar-refractivity contribution in [3.05, 3.63) is 48.8 Å². The first-order valence-corrected chi connectivity index (χ1v) is 7.08. The molecule has 0 atom stereocenters. The van der Waals surface area contributed by atoms with E-state index in [4.69, 9.17) is 4.74 Å². The summed E-state index contributed by atoms with van der Waals surface area (Å²) in [7, 11) is 1.51. The maximum Gasteiger partial charge on any atom is 0.219 e. The quantitative estimate of drug-likeness (QED) is 0.184. The topological polar surface area (TPSA) is 74.0 Å². The second-order valence-electron chi connectivity index (χ2n) is 5.43. The highest BCUT2D eigenvalue weighted by Gasteiger charge is 2.16. The lowest BCUT2D eigenvalue weighted by Crippen LogP contribution is -3.00. The second-order valence-corrected chi connectivity index (χ2v) is 5.43. The molecule has 2 heterocycles. The van der Waals surface area contributed by atoms with Gasteiger partial charge in [0.2, 0.25) is 5.52 Å². The Hall–Kier alpha value is -2.73. The van der Waals surface area contributed by atoms with E-state index in [0.29, 0.717) is 11.1 Å². The molecule has 0 fully saturated rings. The van der Waals surface area contributed by atoms with Crippen LogP contribution in [-0.2, 0) is 0 Å². The highest BCUT2D eigenvalue weighted by atomic mass is 79.9. The van der Waals surface area contributed by atoms with E-state index in [9.17, 15) is 15.3 Å². The zero-order chi connectivity index (χ0) is 16.1. The molecule has 0 unspecified atom stereocenters. The van der Waals surface area contributed by atoms with E-state index in [1.54, 1.807) is 6.07 Å². The van der Waals surface area contributed by atoms with E-state index in [1.165, 1.54) is 19.2 Å². The highest BCUT2D eigenvalue weighted by Crippen LogP contribution is 2.35. The minimum atomic E-state index is -0.164. The first-order chi connectivity index (χ1) is 11.1. The van der Waals surface area contributed by atoms with Crippen LogP contribution in [0.4, 0.5) is 0 Å². The average molecular weight is 388 g/mol. The summed E-state index contributed by atoms with van der Waals surface area (Å²) in [5.74, 6) is 0.196. The van der Waals surface area contributed by atoms with Crippen molar-refractivity contribution in [3.63, 3.8) is 0 Å². The number of aromatic nitrogens is 1. The van der Waals surface area contributed by atoms with E-state index < -0.39 is 0 Å². The first kappa shape index (κ1) is 16.1. The number of phenols is 3. The minimum absolute atomic E-state index is 0. The number of pyridine rings is 2. The van der Waals surface area contributed by atoms with Gasteiger partial charge in [-0.2, -0.15) is 4.40 Å². The van der Waals surface area contributed by atoms with E-state index in [2.05, 4.69) is 0 Å². The summed E-state index contributed by atoms with van der Waals surface area (Å²) in [6, 6.07) is 10.4. The second kappa shape index (κ2) is 5.72. The largest absolute Gasteiger partial charge is 1.00 e. The van der Waals surface area contributed by atoms with Crippen LogP contribution < -0.4 is 26.1 Å². The number of fused-ring (bicyclic) bond motifs is 4. The number of methoxy groups -OCH3 is 1. The number of hydrogen-bond acceptors (Lipinski definition) is 4. The van der Waals surface area contributed by atoms with Gasteiger partial charge in [0.15, 0.2) is 35.4 Å². The van der Waals surface area contributed by atoms with Crippen LogP contribution in [-0.4, -0.2) is 22.4 Å². The van der Waals surface area contributed by atoms with Gasteiger partial charge in [-0.05, 0) is 35.0 Å². The van der Waals surface area contributed by atoms with Crippen molar-refractivity contribution >= 4 is 27.1 Å². The SMILES string of the molecule is COc1ccc2cc3c4cc(O)c(O)cc4cc[n+]3cc2c1O.[Br-]. The molecule has 0 spiro atoms. The summed E-state index contributed by atoms with van der Waals surface area (Å²) in [5.41, 5.74) is 0.856. The molecular formula is C18H14BrNO4. The fourth-order valence-corrected chi connectivity index (χ4v) is 2.91. The molecule has 4 aromatic rings. The Labute approximate surface area is 147 Å². The van der Waals surface area contributed by atoms with Crippen LogP contribution in [0, 0.1) is 0 Å². The number of benzene rings is 2. The maximum atomic E-state index is 10.3. The lowest BCUT2D eigenvalue weighted by molar-refractivity contribution is -0.509. The Balaban J connectivity index is 0.00000169. The van der Waals surface area contributed by atoms with E-state index in [1.807, 2.05) is 35.0 Å². The predicted octanol–water partition coefficient (Wildman–Crippen LogP) is -0.139. The third-order valence-electron chi connectivity index (χ3n) is 4.11. The molecule has 4 rings (SSSR count). The number of rotatable bonds is 1. The molecule has 0 saturated heterocycles. The fraction of sp³-hybridized carbons (Fsp3) is 0.0556. The Kier molecular flexibility index (Phi) is 3.85. The van der Waals surface area contributed by atoms with Crippen molar-refractivity contribution in [1.29, 1.82) is 0 Å². The zero-order valence-corrected chi connectivity index (χ0v) is 14.3. The molecule has 0 amide bonds. The molecule has 0 radical (unpaired) electrons. The highest BCUT2D eigenvalue weighted by molar-refractivity contribution is 6.00. The molecular weight excluding hydrogens is 374 g/mol. The molecule has 0 saturated carbocycles. The Morgan fingerprint density at radius 3 is 2.33 bits per heavy atom. The Morgan fingerprint density at radius 2 is 1.58 bits per heavy atom. The van der Waals surface area contributed by atoms with Crippen molar-refractivity contribution in [2.75, 3.05) is 7.11 Å². The molecule has 2 aromatic heterocycles. The van der Waals surface area contributed by atoms with E-state index >= 15 is 0 Å². The van der Waals surface area contributed by atoms with Crippen molar-refractivity contribution in [2.45, 2.75) is 0 Å². The summed E-state index contributed by atoms with van der Waals surface area (Å²) in [6.45, 7) is 0. The molecule has 0 aliphatic carbocycles. The van der Waals surface area contributed by atoms with Crippen LogP contribution >= 0.6 is 0 Å². The van der Waals surface area contributed by atoms with Crippen molar-refractivity contribution in [1.82, 2.24) is 0 Å². The van der Waals surface area contributed by atoms with Crippen LogP contribution in [0.2, 0.25) is 0 Å². The van der Waals surface area contributed by atoms with E-state index in [0.717, 1.165) is 21.7 Å². The summed E-state index contributed by atoms with van der Waals surface area (Å²) in [4.78, 5) is 0. The monoisotopic (exact) mass is 387 g/mol. The van der Waals surface area contributed by atoms with Crippen LogP contribution in [0.5, 0.6) is 23.0 Å². The standard InChI is InChI=1S/C18H13NO4.BrH/c1-23-17-3-2-10-6-14-12-8-16(21)15(20)7-11(12)4-5-19(14)9-13(10)18(17)22;/h2-9H,1H3,(H2,20,21,22);1H. The smallest absolute Gasteiger partial charge is 0.219 e. The van der Waals surface area contributed by atoms with Crippen LogP contribution in [0.15, 0.2) is 48.8 Å². The lowest BCUT2D eigenvalue weighted by Gasteiger charge is -2.07. The van der Waals surface area contributed by atoms with Gasteiger partial charge in [0, 0.05) is 12.1 Å². The molecule has 6 heteroatoms. The molecule has 5 nitrogen and oxygen atoms in total.